The minimum absolute atomic E-state index is 0.0394. The van der Waals surface area contributed by atoms with E-state index in [0.717, 1.165) is 51.0 Å². The molecule has 2 heterocycles. The Balaban J connectivity index is 1.43. The van der Waals surface area contributed by atoms with Crippen LogP contribution in [0.15, 0.2) is 6.20 Å². The molecule has 0 radical (unpaired) electrons. The van der Waals surface area contributed by atoms with Gasteiger partial charge < -0.3 is 10.2 Å². The standard InChI is InChI=1S/C20H35N5O/c1-20(2,3)18-15-25(23-22-18)14-16-10-12-24(13-11-16)19(26)21-17-8-6-4-5-7-9-17/h15-17H,4-14H2,1-3H3,(H,21,26). The Kier molecular flexibility index (Phi) is 6.20. The quantitative estimate of drug-likeness (QED) is 0.835. The Morgan fingerprint density at radius 1 is 1.12 bits per heavy atom. The van der Waals surface area contributed by atoms with E-state index in [9.17, 15) is 4.79 Å². The highest BCUT2D eigenvalue weighted by Gasteiger charge is 2.26. The van der Waals surface area contributed by atoms with Gasteiger partial charge in [0.25, 0.3) is 0 Å². The number of hydrogen-bond donors (Lipinski definition) is 1. The Hall–Kier alpha value is -1.59. The molecule has 0 atom stereocenters. The smallest absolute Gasteiger partial charge is 0.317 e. The van der Waals surface area contributed by atoms with E-state index in [1.54, 1.807) is 0 Å². The monoisotopic (exact) mass is 361 g/mol. The lowest BCUT2D eigenvalue weighted by Gasteiger charge is -2.33. The fraction of sp³-hybridized carbons (Fsp3) is 0.850. The van der Waals surface area contributed by atoms with Gasteiger partial charge in [-0.25, -0.2) is 4.79 Å². The highest BCUT2D eigenvalue weighted by molar-refractivity contribution is 5.74. The first kappa shape index (κ1) is 19.2. The number of hydrogen-bond acceptors (Lipinski definition) is 3. The number of carbonyl (C=O) groups is 1. The van der Waals surface area contributed by atoms with E-state index in [4.69, 9.17) is 0 Å². The molecule has 3 rings (SSSR count). The lowest BCUT2D eigenvalue weighted by atomic mass is 9.93. The number of nitrogens with zero attached hydrogens (tertiary/aromatic N) is 4. The van der Waals surface area contributed by atoms with Gasteiger partial charge in [0.05, 0.1) is 5.69 Å². The van der Waals surface area contributed by atoms with Crippen molar-refractivity contribution in [2.45, 2.75) is 90.1 Å². The fourth-order valence-electron chi connectivity index (χ4n) is 4.00. The summed E-state index contributed by atoms with van der Waals surface area (Å²) in [6, 6.07) is 0.528. The molecular weight excluding hydrogens is 326 g/mol. The van der Waals surface area contributed by atoms with E-state index < -0.39 is 0 Å². The van der Waals surface area contributed by atoms with Gasteiger partial charge in [-0.3, -0.25) is 4.68 Å². The van der Waals surface area contributed by atoms with Gasteiger partial charge in [-0.1, -0.05) is 51.7 Å². The van der Waals surface area contributed by atoms with Crippen molar-refractivity contribution in [2.75, 3.05) is 13.1 Å². The van der Waals surface area contributed by atoms with Crippen molar-refractivity contribution in [2.24, 2.45) is 5.92 Å². The van der Waals surface area contributed by atoms with Crippen LogP contribution in [0.1, 0.15) is 77.8 Å². The molecule has 0 bridgehead atoms. The molecule has 26 heavy (non-hydrogen) atoms. The third kappa shape index (κ3) is 5.21. The molecule has 0 unspecified atom stereocenters. The highest BCUT2D eigenvalue weighted by Crippen LogP contribution is 2.22. The second-order valence-corrected chi connectivity index (χ2v) is 9.14. The van der Waals surface area contributed by atoms with Gasteiger partial charge in [0.1, 0.15) is 0 Å². The molecule has 1 aromatic heterocycles. The molecule has 146 valence electrons. The van der Waals surface area contributed by atoms with Crippen molar-refractivity contribution in [1.82, 2.24) is 25.2 Å². The summed E-state index contributed by atoms with van der Waals surface area (Å²) in [5.74, 6) is 0.575. The number of urea groups is 1. The number of carbonyl (C=O) groups excluding carboxylic acids is 1. The summed E-state index contributed by atoms with van der Waals surface area (Å²) in [6.07, 6.45) is 11.6. The zero-order valence-electron chi connectivity index (χ0n) is 16.7. The predicted octanol–water partition coefficient (Wildman–Crippen LogP) is 3.72. The maximum absolute atomic E-state index is 12.5. The molecule has 0 aromatic carbocycles. The van der Waals surface area contributed by atoms with Gasteiger partial charge in [0, 0.05) is 37.3 Å². The first-order valence-electron chi connectivity index (χ1n) is 10.4. The van der Waals surface area contributed by atoms with Crippen LogP contribution in [0.5, 0.6) is 0 Å². The highest BCUT2D eigenvalue weighted by atomic mass is 16.2. The summed E-state index contributed by atoms with van der Waals surface area (Å²) < 4.78 is 1.98. The fourth-order valence-corrected chi connectivity index (χ4v) is 4.00. The Labute approximate surface area is 157 Å². The third-order valence-electron chi connectivity index (χ3n) is 5.84. The van der Waals surface area contributed by atoms with Crippen LogP contribution in [0.25, 0.3) is 0 Å². The van der Waals surface area contributed by atoms with Crippen LogP contribution in [0.3, 0.4) is 0 Å². The molecule has 2 amide bonds. The van der Waals surface area contributed by atoms with Crippen LogP contribution in [0.2, 0.25) is 0 Å². The maximum Gasteiger partial charge on any atom is 0.317 e. The van der Waals surface area contributed by atoms with Crippen molar-refractivity contribution in [3.8, 4) is 0 Å². The SMILES string of the molecule is CC(C)(C)c1cn(CC2CCN(C(=O)NC3CCCCCC3)CC2)nn1. The Bertz CT molecular complexity index is 575. The molecule has 6 heteroatoms. The van der Waals surface area contributed by atoms with E-state index in [-0.39, 0.29) is 11.4 Å². The molecule has 1 saturated carbocycles. The van der Waals surface area contributed by atoms with Crippen molar-refractivity contribution >= 4 is 6.03 Å². The number of rotatable bonds is 3. The largest absolute Gasteiger partial charge is 0.335 e. The second kappa shape index (κ2) is 8.40. The van der Waals surface area contributed by atoms with E-state index in [1.807, 2.05) is 9.58 Å². The van der Waals surface area contributed by atoms with Gasteiger partial charge in [-0.2, -0.15) is 0 Å². The number of likely N-dealkylation sites (tertiary alicyclic amines) is 1. The molecule has 1 aliphatic carbocycles. The molecule has 6 nitrogen and oxygen atoms in total. The summed E-state index contributed by atoms with van der Waals surface area (Å²) >= 11 is 0. The Morgan fingerprint density at radius 2 is 1.77 bits per heavy atom. The predicted molar refractivity (Wildman–Crippen MR) is 103 cm³/mol. The van der Waals surface area contributed by atoms with Gasteiger partial charge in [-0.15, -0.1) is 5.10 Å². The molecule has 1 aliphatic heterocycles. The summed E-state index contributed by atoms with van der Waals surface area (Å²) in [4.78, 5) is 14.5. The molecule has 2 aliphatic rings. The first-order valence-corrected chi connectivity index (χ1v) is 10.4. The number of amides is 2. The van der Waals surface area contributed by atoms with Gasteiger partial charge in [0.2, 0.25) is 0 Å². The van der Waals surface area contributed by atoms with E-state index in [1.165, 1.54) is 25.7 Å². The van der Waals surface area contributed by atoms with Crippen LogP contribution in [0.4, 0.5) is 4.79 Å². The third-order valence-corrected chi connectivity index (χ3v) is 5.84. The van der Waals surface area contributed by atoms with E-state index >= 15 is 0 Å². The topological polar surface area (TPSA) is 63.1 Å². The van der Waals surface area contributed by atoms with Crippen LogP contribution < -0.4 is 5.32 Å². The van der Waals surface area contributed by atoms with Gasteiger partial charge >= 0.3 is 6.03 Å². The zero-order chi connectivity index (χ0) is 18.6. The average molecular weight is 362 g/mol. The number of piperidine rings is 1. The van der Waals surface area contributed by atoms with E-state index in [0.29, 0.717) is 12.0 Å². The maximum atomic E-state index is 12.5. The van der Waals surface area contributed by atoms with Crippen LogP contribution >= 0.6 is 0 Å². The van der Waals surface area contributed by atoms with Crippen molar-refractivity contribution < 1.29 is 4.79 Å². The summed E-state index contributed by atoms with van der Waals surface area (Å²) in [7, 11) is 0. The summed E-state index contributed by atoms with van der Waals surface area (Å²) in [5.41, 5.74) is 1.08. The minimum atomic E-state index is 0.0394. The molecule has 2 fully saturated rings. The Morgan fingerprint density at radius 3 is 2.35 bits per heavy atom. The lowest BCUT2D eigenvalue weighted by Crippen LogP contribution is -2.48. The first-order chi connectivity index (χ1) is 12.4. The summed E-state index contributed by atoms with van der Waals surface area (Å²) in [5, 5.41) is 11.9. The second-order valence-electron chi connectivity index (χ2n) is 9.14. The minimum Gasteiger partial charge on any atom is -0.335 e. The van der Waals surface area contributed by atoms with Crippen molar-refractivity contribution in [3.63, 3.8) is 0 Å². The van der Waals surface area contributed by atoms with Gasteiger partial charge in [0.15, 0.2) is 0 Å². The molecule has 1 N–H and O–H groups in total. The van der Waals surface area contributed by atoms with Gasteiger partial charge in [-0.05, 0) is 31.6 Å². The van der Waals surface area contributed by atoms with Crippen molar-refractivity contribution in [1.29, 1.82) is 0 Å². The van der Waals surface area contributed by atoms with E-state index in [2.05, 4.69) is 42.6 Å². The molecular formula is C20H35N5O. The zero-order valence-corrected chi connectivity index (χ0v) is 16.7. The van der Waals surface area contributed by atoms with Crippen LogP contribution in [-0.4, -0.2) is 45.1 Å². The normalized spacial score (nSPS) is 20.8. The number of nitrogens with one attached hydrogen (secondary N) is 1. The van der Waals surface area contributed by atoms with Crippen molar-refractivity contribution in [3.05, 3.63) is 11.9 Å². The number of aromatic nitrogens is 3. The average Bonchev–Trinajstić information content (AvgIpc) is 2.93. The lowest BCUT2D eigenvalue weighted by molar-refractivity contribution is 0.160. The molecule has 1 aromatic rings. The molecule has 0 spiro atoms. The van der Waals surface area contributed by atoms with Crippen LogP contribution in [0, 0.1) is 5.92 Å². The summed E-state index contributed by atoms with van der Waals surface area (Å²) in [6.45, 7) is 9.08. The van der Waals surface area contributed by atoms with Crippen LogP contribution in [-0.2, 0) is 12.0 Å². The molecule has 1 saturated heterocycles.